The van der Waals surface area contributed by atoms with Crippen molar-refractivity contribution in [2.75, 3.05) is 5.32 Å². The number of hydrogen-bond acceptors (Lipinski definition) is 4. The molecule has 0 amide bonds. The van der Waals surface area contributed by atoms with Crippen molar-refractivity contribution in [3.8, 4) is 0 Å². The van der Waals surface area contributed by atoms with Crippen LogP contribution in [0, 0.1) is 5.82 Å². The molecule has 0 aliphatic heterocycles. The third-order valence-electron chi connectivity index (χ3n) is 3.33. The van der Waals surface area contributed by atoms with Crippen molar-refractivity contribution in [2.24, 2.45) is 0 Å². The van der Waals surface area contributed by atoms with E-state index in [0.29, 0.717) is 5.56 Å². The van der Waals surface area contributed by atoms with Crippen LogP contribution in [0.15, 0.2) is 48.5 Å². The summed E-state index contributed by atoms with van der Waals surface area (Å²) in [6.07, 6.45) is -0.724. The maximum absolute atomic E-state index is 12.9. The topological polar surface area (TPSA) is 45.2 Å². The fourth-order valence-electron chi connectivity index (χ4n) is 2.16. The lowest BCUT2D eigenvalue weighted by Gasteiger charge is -2.20. The molecule has 0 radical (unpaired) electrons. The minimum absolute atomic E-state index is 0.226. The normalized spacial score (nSPS) is 14.0. The second-order valence-corrected chi connectivity index (χ2v) is 5.95. The number of aliphatic hydroxyl groups is 1. The number of benzene rings is 2. The molecule has 0 bridgehead atoms. The Morgan fingerprint density at radius 3 is 2.57 bits per heavy atom. The lowest BCUT2D eigenvalue weighted by molar-refractivity contribution is 0.160. The summed E-state index contributed by atoms with van der Waals surface area (Å²) in [5, 5.41) is 14.3. The maximum atomic E-state index is 12.9. The molecule has 108 valence electrons. The molecule has 1 aromatic heterocycles. The van der Waals surface area contributed by atoms with Crippen molar-refractivity contribution in [1.82, 2.24) is 4.98 Å². The van der Waals surface area contributed by atoms with Gasteiger partial charge in [-0.3, -0.25) is 0 Å². The molecule has 0 fully saturated rings. The largest absolute Gasteiger partial charge is 0.386 e. The number of nitrogens with zero attached hydrogens (tertiary/aromatic N) is 1. The van der Waals surface area contributed by atoms with Gasteiger partial charge in [0, 0.05) is 0 Å². The third kappa shape index (κ3) is 3.04. The van der Waals surface area contributed by atoms with Gasteiger partial charge in [0.15, 0.2) is 5.13 Å². The number of aromatic nitrogens is 1. The van der Waals surface area contributed by atoms with Crippen LogP contribution in [0.1, 0.15) is 18.6 Å². The highest BCUT2D eigenvalue weighted by Crippen LogP contribution is 2.28. The predicted molar refractivity (Wildman–Crippen MR) is 84.1 cm³/mol. The lowest BCUT2D eigenvalue weighted by Crippen LogP contribution is -2.23. The van der Waals surface area contributed by atoms with Crippen LogP contribution in [0.4, 0.5) is 9.52 Å². The van der Waals surface area contributed by atoms with Crippen LogP contribution < -0.4 is 5.32 Å². The highest BCUT2D eigenvalue weighted by Gasteiger charge is 2.17. The van der Waals surface area contributed by atoms with Crippen molar-refractivity contribution in [1.29, 1.82) is 0 Å². The number of aliphatic hydroxyl groups excluding tert-OH is 1. The van der Waals surface area contributed by atoms with E-state index in [1.165, 1.54) is 12.1 Å². The predicted octanol–water partition coefficient (Wildman–Crippen LogP) is 3.97. The van der Waals surface area contributed by atoms with Gasteiger partial charge in [0.2, 0.25) is 0 Å². The van der Waals surface area contributed by atoms with Crippen LogP contribution in [-0.2, 0) is 0 Å². The van der Waals surface area contributed by atoms with Crippen LogP contribution >= 0.6 is 11.3 Å². The summed E-state index contributed by atoms with van der Waals surface area (Å²) in [5.74, 6) is -0.308. The molecule has 21 heavy (non-hydrogen) atoms. The second kappa shape index (κ2) is 5.79. The quantitative estimate of drug-likeness (QED) is 0.766. The first kappa shape index (κ1) is 14.0. The smallest absolute Gasteiger partial charge is 0.184 e. The van der Waals surface area contributed by atoms with Crippen LogP contribution in [-0.4, -0.2) is 16.1 Å². The van der Waals surface area contributed by atoms with Gasteiger partial charge in [-0.25, -0.2) is 9.37 Å². The summed E-state index contributed by atoms with van der Waals surface area (Å²) in [6.45, 7) is 1.88. The molecule has 0 aliphatic rings. The molecule has 0 saturated carbocycles. The van der Waals surface area contributed by atoms with Gasteiger partial charge in [-0.2, -0.15) is 0 Å². The zero-order valence-electron chi connectivity index (χ0n) is 11.5. The molecule has 0 spiro atoms. The Bertz CT molecular complexity index is 708. The minimum atomic E-state index is -0.724. The van der Waals surface area contributed by atoms with Gasteiger partial charge in [0.25, 0.3) is 0 Å². The van der Waals surface area contributed by atoms with E-state index in [1.807, 2.05) is 31.2 Å². The van der Waals surface area contributed by atoms with Crippen LogP contribution in [0.2, 0.25) is 0 Å². The van der Waals surface area contributed by atoms with Gasteiger partial charge in [0.05, 0.1) is 22.4 Å². The van der Waals surface area contributed by atoms with E-state index in [9.17, 15) is 9.50 Å². The SMILES string of the molecule is CC(Nc1nc2ccccc2s1)C(O)c1ccc(F)cc1. The average molecular weight is 302 g/mol. The van der Waals surface area contributed by atoms with E-state index in [4.69, 9.17) is 0 Å². The maximum Gasteiger partial charge on any atom is 0.184 e. The Morgan fingerprint density at radius 1 is 1.14 bits per heavy atom. The molecule has 2 atom stereocenters. The summed E-state index contributed by atoms with van der Waals surface area (Å²) in [6, 6.07) is 13.6. The molecule has 2 N–H and O–H groups in total. The number of nitrogens with one attached hydrogen (secondary N) is 1. The molecule has 2 unspecified atom stereocenters. The zero-order chi connectivity index (χ0) is 14.8. The Morgan fingerprint density at radius 2 is 1.86 bits per heavy atom. The summed E-state index contributed by atoms with van der Waals surface area (Å²) in [7, 11) is 0. The lowest BCUT2D eigenvalue weighted by atomic mass is 10.0. The first-order chi connectivity index (χ1) is 10.1. The summed E-state index contributed by atoms with van der Waals surface area (Å²) >= 11 is 1.55. The zero-order valence-corrected chi connectivity index (χ0v) is 12.3. The summed E-state index contributed by atoms with van der Waals surface area (Å²) in [4.78, 5) is 4.48. The highest BCUT2D eigenvalue weighted by molar-refractivity contribution is 7.22. The second-order valence-electron chi connectivity index (χ2n) is 4.92. The molecule has 3 rings (SSSR count). The van der Waals surface area contributed by atoms with Gasteiger partial charge in [-0.1, -0.05) is 35.6 Å². The number of anilines is 1. The van der Waals surface area contributed by atoms with Crippen molar-refractivity contribution >= 4 is 26.7 Å². The number of para-hydroxylation sites is 1. The molecular weight excluding hydrogens is 287 g/mol. The van der Waals surface area contributed by atoms with E-state index in [1.54, 1.807) is 23.5 Å². The van der Waals surface area contributed by atoms with Crippen molar-refractivity contribution in [2.45, 2.75) is 19.1 Å². The van der Waals surface area contributed by atoms with Gasteiger partial charge in [-0.05, 0) is 36.8 Å². The minimum Gasteiger partial charge on any atom is -0.386 e. The van der Waals surface area contributed by atoms with Crippen LogP contribution in [0.3, 0.4) is 0 Å². The van der Waals surface area contributed by atoms with Crippen molar-refractivity contribution in [3.63, 3.8) is 0 Å². The number of hydrogen-bond donors (Lipinski definition) is 2. The van der Waals surface area contributed by atoms with Crippen LogP contribution in [0.5, 0.6) is 0 Å². The number of rotatable bonds is 4. The molecule has 0 aliphatic carbocycles. The first-order valence-electron chi connectivity index (χ1n) is 6.69. The third-order valence-corrected chi connectivity index (χ3v) is 4.30. The molecule has 2 aromatic carbocycles. The van der Waals surface area contributed by atoms with Crippen molar-refractivity contribution in [3.05, 3.63) is 59.9 Å². The van der Waals surface area contributed by atoms with Gasteiger partial charge < -0.3 is 10.4 Å². The number of thiazole rings is 1. The molecule has 5 heteroatoms. The fraction of sp³-hybridized carbons (Fsp3) is 0.188. The molecule has 0 saturated heterocycles. The molecule has 3 aromatic rings. The Kier molecular flexibility index (Phi) is 3.86. The summed E-state index contributed by atoms with van der Waals surface area (Å²) < 4.78 is 14.0. The molecular formula is C16H15FN2OS. The fourth-order valence-corrected chi connectivity index (χ4v) is 3.12. The number of halogens is 1. The highest BCUT2D eigenvalue weighted by atomic mass is 32.1. The van der Waals surface area contributed by atoms with E-state index in [2.05, 4.69) is 10.3 Å². The van der Waals surface area contributed by atoms with E-state index < -0.39 is 6.10 Å². The number of fused-ring (bicyclic) bond motifs is 1. The van der Waals surface area contributed by atoms with Gasteiger partial charge in [0.1, 0.15) is 5.82 Å². The standard InChI is InChI=1S/C16H15FN2OS/c1-10(15(20)11-6-8-12(17)9-7-11)18-16-19-13-4-2-3-5-14(13)21-16/h2-10,15,20H,1H3,(H,18,19). The van der Waals surface area contributed by atoms with E-state index in [-0.39, 0.29) is 11.9 Å². The average Bonchev–Trinajstić information content (AvgIpc) is 2.89. The van der Waals surface area contributed by atoms with Crippen molar-refractivity contribution < 1.29 is 9.50 Å². The first-order valence-corrected chi connectivity index (χ1v) is 7.51. The van der Waals surface area contributed by atoms with Gasteiger partial charge >= 0.3 is 0 Å². The molecule has 1 heterocycles. The Balaban J connectivity index is 1.75. The van der Waals surface area contributed by atoms with E-state index >= 15 is 0 Å². The Labute approximate surface area is 126 Å². The monoisotopic (exact) mass is 302 g/mol. The molecule has 3 nitrogen and oxygen atoms in total. The summed E-state index contributed by atoms with van der Waals surface area (Å²) in [5.41, 5.74) is 1.62. The van der Waals surface area contributed by atoms with E-state index in [0.717, 1.165) is 15.3 Å². The van der Waals surface area contributed by atoms with Gasteiger partial charge in [-0.15, -0.1) is 0 Å². The Hall–Kier alpha value is -1.98. The van der Waals surface area contributed by atoms with Crippen LogP contribution in [0.25, 0.3) is 10.2 Å².